The number of aromatic nitrogens is 1. The molecule has 1 fully saturated rings. The summed E-state index contributed by atoms with van der Waals surface area (Å²) >= 11 is 8.78. The molecule has 1 aliphatic rings. The summed E-state index contributed by atoms with van der Waals surface area (Å²) in [6, 6.07) is 9.22. The van der Waals surface area contributed by atoms with Crippen LogP contribution in [0.5, 0.6) is 0 Å². The molecule has 5 nitrogen and oxygen atoms in total. The summed E-state index contributed by atoms with van der Waals surface area (Å²) in [7, 11) is 0. The number of benzene rings is 1. The third-order valence-electron chi connectivity index (χ3n) is 3.71. The summed E-state index contributed by atoms with van der Waals surface area (Å²) in [5.74, 6) is -0.149. The van der Waals surface area contributed by atoms with Crippen molar-refractivity contribution >= 4 is 61.2 Å². The molecule has 1 saturated heterocycles. The Kier molecular flexibility index (Phi) is 4.41. The van der Waals surface area contributed by atoms with Gasteiger partial charge in [-0.3, -0.25) is 4.79 Å². The highest BCUT2D eigenvalue weighted by Gasteiger charge is 2.16. The fraction of sp³-hybridized carbons (Fsp3) is 0.250. The first-order valence-corrected chi connectivity index (χ1v) is 9.50. The standard InChI is InChI=1S/C16H14ClN3O2S2/c17-14-4-3-12(23-14)15(21)18-10-1-2-11-13(9-10)24-16(19-11)20-5-7-22-8-6-20/h1-4,9H,5-8H2,(H,18,21). The fourth-order valence-electron chi connectivity index (χ4n) is 2.51. The van der Waals surface area contributed by atoms with E-state index < -0.39 is 0 Å². The van der Waals surface area contributed by atoms with E-state index in [1.807, 2.05) is 18.2 Å². The zero-order valence-corrected chi connectivity index (χ0v) is 15.0. The van der Waals surface area contributed by atoms with Crippen molar-refractivity contribution < 1.29 is 9.53 Å². The highest BCUT2D eigenvalue weighted by molar-refractivity contribution is 7.22. The number of carbonyl (C=O) groups is 1. The van der Waals surface area contributed by atoms with Crippen LogP contribution in [0.4, 0.5) is 10.8 Å². The van der Waals surface area contributed by atoms with Crippen molar-refractivity contribution in [1.29, 1.82) is 0 Å². The van der Waals surface area contributed by atoms with Gasteiger partial charge in [-0.1, -0.05) is 22.9 Å². The Morgan fingerprint density at radius 2 is 2.04 bits per heavy atom. The summed E-state index contributed by atoms with van der Waals surface area (Å²) in [6.07, 6.45) is 0. The van der Waals surface area contributed by atoms with Gasteiger partial charge in [0.25, 0.3) is 5.91 Å². The molecule has 1 N–H and O–H groups in total. The van der Waals surface area contributed by atoms with Crippen LogP contribution in [-0.2, 0) is 4.74 Å². The number of anilines is 2. The van der Waals surface area contributed by atoms with E-state index >= 15 is 0 Å². The lowest BCUT2D eigenvalue weighted by atomic mass is 10.3. The average molecular weight is 380 g/mol. The van der Waals surface area contributed by atoms with E-state index in [9.17, 15) is 4.79 Å². The van der Waals surface area contributed by atoms with Crippen molar-refractivity contribution in [2.75, 3.05) is 36.5 Å². The summed E-state index contributed by atoms with van der Waals surface area (Å²) in [5.41, 5.74) is 1.70. The zero-order chi connectivity index (χ0) is 16.5. The van der Waals surface area contributed by atoms with Gasteiger partial charge in [0, 0.05) is 18.8 Å². The molecular formula is C16H14ClN3O2S2. The van der Waals surface area contributed by atoms with Gasteiger partial charge in [-0.05, 0) is 30.3 Å². The van der Waals surface area contributed by atoms with Gasteiger partial charge in [-0.25, -0.2) is 4.98 Å². The number of fused-ring (bicyclic) bond motifs is 1. The highest BCUT2D eigenvalue weighted by atomic mass is 35.5. The molecule has 124 valence electrons. The lowest BCUT2D eigenvalue weighted by Gasteiger charge is -2.25. The molecule has 4 rings (SSSR count). The van der Waals surface area contributed by atoms with Crippen LogP contribution in [0.15, 0.2) is 30.3 Å². The lowest BCUT2D eigenvalue weighted by molar-refractivity contribution is 0.103. The Hall–Kier alpha value is -1.67. The Morgan fingerprint density at radius 1 is 1.21 bits per heavy atom. The molecule has 0 spiro atoms. The van der Waals surface area contributed by atoms with Gasteiger partial charge in [0.2, 0.25) is 0 Å². The number of rotatable bonds is 3. The molecule has 0 aliphatic carbocycles. The Labute approximate surface area is 151 Å². The third kappa shape index (κ3) is 3.25. The maximum atomic E-state index is 12.2. The van der Waals surface area contributed by atoms with Gasteiger partial charge >= 0.3 is 0 Å². The van der Waals surface area contributed by atoms with Crippen molar-refractivity contribution in [2.45, 2.75) is 0 Å². The monoisotopic (exact) mass is 379 g/mol. The zero-order valence-electron chi connectivity index (χ0n) is 12.6. The van der Waals surface area contributed by atoms with Crippen molar-refractivity contribution in [2.24, 2.45) is 0 Å². The molecule has 8 heteroatoms. The van der Waals surface area contributed by atoms with Crippen LogP contribution in [0.3, 0.4) is 0 Å². The van der Waals surface area contributed by atoms with Gasteiger partial charge in [-0.2, -0.15) is 0 Å². The molecule has 0 atom stereocenters. The Bertz CT molecular complexity index is 886. The molecular weight excluding hydrogens is 366 g/mol. The second-order valence-corrected chi connectivity index (χ2v) is 8.06. The van der Waals surface area contributed by atoms with Crippen molar-refractivity contribution in [3.05, 3.63) is 39.5 Å². The Balaban J connectivity index is 1.55. The topological polar surface area (TPSA) is 54.5 Å². The van der Waals surface area contributed by atoms with Gasteiger partial charge in [0.15, 0.2) is 5.13 Å². The maximum absolute atomic E-state index is 12.2. The van der Waals surface area contributed by atoms with Crippen LogP contribution in [0.25, 0.3) is 10.2 Å². The number of hydrogen-bond acceptors (Lipinski definition) is 6. The molecule has 1 aromatic carbocycles. The number of amides is 1. The number of hydrogen-bond donors (Lipinski definition) is 1. The van der Waals surface area contributed by atoms with Gasteiger partial charge < -0.3 is 15.0 Å². The third-order valence-corrected chi connectivity index (χ3v) is 6.02. The van der Waals surface area contributed by atoms with Crippen LogP contribution in [-0.4, -0.2) is 37.2 Å². The molecule has 1 aliphatic heterocycles. The van der Waals surface area contributed by atoms with E-state index in [0.717, 1.165) is 47.3 Å². The van der Waals surface area contributed by atoms with E-state index in [1.165, 1.54) is 11.3 Å². The number of nitrogens with zero attached hydrogens (tertiary/aromatic N) is 2. The number of nitrogens with one attached hydrogen (secondary N) is 1. The minimum atomic E-state index is -0.149. The van der Waals surface area contributed by atoms with Crippen molar-refractivity contribution in [3.63, 3.8) is 0 Å². The van der Waals surface area contributed by atoms with Gasteiger partial charge in [0.05, 0.1) is 32.6 Å². The van der Waals surface area contributed by atoms with Crippen LogP contribution in [0.1, 0.15) is 9.67 Å². The normalized spacial score (nSPS) is 15.0. The van der Waals surface area contributed by atoms with Gasteiger partial charge in [-0.15, -0.1) is 11.3 Å². The predicted octanol–water partition coefficient (Wildman–Crippen LogP) is 4.10. The first-order chi connectivity index (χ1) is 11.7. The molecule has 0 unspecified atom stereocenters. The summed E-state index contributed by atoms with van der Waals surface area (Å²) < 4.78 is 7.04. The number of morpholine rings is 1. The van der Waals surface area contributed by atoms with E-state index in [0.29, 0.717) is 9.21 Å². The van der Waals surface area contributed by atoms with Crippen LogP contribution < -0.4 is 10.2 Å². The van der Waals surface area contributed by atoms with Crippen LogP contribution in [0.2, 0.25) is 4.34 Å². The van der Waals surface area contributed by atoms with Crippen molar-refractivity contribution in [3.8, 4) is 0 Å². The quantitative estimate of drug-likeness (QED) is 0.744. The first-order valence-electron chi connectivity index (χ1n) is 7.49. The number of carbonyl (C=O) groups excluding carboxylic acids is 1. The van der Waals surface area contributed by atoms with E-state index in [-0.39, 0.29) is 5.91 Å². The van der Waals surface area contributed by atoms with Crippen molar-refractivity contribution in [1.82, 2.24) is 4.98 Å². The van der Waals surface area contributed by atoms with Crippen LogP contribution >= 0.6 is 34.3 Å². The average Bonchev–Trinajstić information content (AvgIpc) is 3.21. The number of halogens is 1. The van der Waals surface area contributed by atoms with E-state index in [4.69, 9.17) is 16.3 Å². The summed E-state index contributed by atoms with van der Waals surface area (Å²) in [4.78, 5) is 19.7. The number of thiophene rings is 1. The molecule has 3 heterocycles. The molecule has 3 aromatic rings. The summed E-state index contributed by atoms with van der Waals surface area (Å²) in [5, 5.41) is 3.91. The summed E-state index contributed by atoms with van der Waals surface area (Å²) in [6.45, 7) is 3.20. The molecule has 1 amide bonds. The molecule has 0 radical (unpaired) electrons. The van der Waals surface area contributed by atoms with E-state index in [1.54, 1.807) is 23.5 Å². The number of ether oxygens (including phenoxy) is 1. The first kappa shape index (κ1) is 15.8. The minimum absolute atomic E-state index is 0.149. The van der Waals surface area contributed by atoms with E-state index in [2.05, 4.69) is 15.2 Å². The smallest absolute Gasteiger partial charge is 0.265 e. The van der Waals surface area contributed by atoms with Crippen LogP contribution in [0, 0.1) is 0 Å². The second kappa shape index (κ2) is 6.68. The largest absolute Gasteiger partial charge is 0.378 e. The molecule has 24 heavy (non-hydrogen) atoms. The lowest BCUT2D eigenvalue weighted by Crippen LogP contribution is -2.36. The maximum Gasteiger partial charge on any atom is 0.265 e. The number of thiazole rings is 1. The predicted molar refractivity (Wildman–Crippen MR) is 99.9 cm³/mol. The highest BCUT2D eigenvalue weighted by Crippen LogP contribution is 2.31. The fourth-order valence-corrected chi connectivity index (χ4v) is 4.50. The SMILES string of the molecule is O=C(Nc1ccc2nc(N3CCOCC3)sc2c1)c1ccc(Cl)s1. The second-order valence-electron chi connectivity index (χ2n) is 5.34. The Morgan fingerprint density at radius 3 is 2.79 bits per heavy atom. The minimum Gasteiger partial charge on any atom is -0.378 e. The van der Waals surface area contributed by atoms with Gasteiger partial charge in [0.1, 0.15) is 0 Å². The molecule has 0 bridgehead atoms. The molecule has 2 aromatic heterocycles. The molecule has 0 saturated carbocycles.